The maximum absolute atomic E-state index is 12.9. The zero-order valence-corrected chi connectivity index (χ0v) is 12.8. The molecule has 2 aliphatic rings. The number of carbonyl (C=O) groups excluding carboxylic acids is 1. The molecule has 1 amide bonds. The van der Waals surface area contributed by atoms with E-state index in [1.165, 1.54) is 12.5 Å². The highest BCUT2D eigenvalue weighted by atomic mass is 35.5. The fourth-order valence-corrected chi connectivity index (χ4v) is 3.82. The Bertz CT molecular complexity index is 533. The van der Waals surface area contributed by atoms with Gasteiger partial charge in [-0.1, -0.05) is 30.9 Å². The number of benzene rings is 1. The molecule has 0 radical (unpaired) electrons. The van der Waals surface area contributed by atoms with E-state index in [0.29, 0.717) is 17.1 Å². The minimum atomic E-state index is -0.0837. The summed E-state index contributed by atoms with van der Waals surface area (Å²) < 4.78 is 0. The quantitative estimate of drug-likeness (QED) is 0.839. The number of piperazine rings is 1. The highest BCUT2D eigenvalue weighted by Crippen LogP contribution is 2.36. The average Bonchev–Trinajstić information content (AvgIpc) is 2.48. The first-order valence-corrected chi connectivity index (χ1v) is 8.01. The van der Waals surface area contributed by atoms with Crippen LogP contribution in [0.15, 0.2) is 18.2 Å². The van der Waals surface area contributed by atoms with E-state index in [9.17, 15) is 9.90 Å². The number of carbonyl (C=O) groups is 1. The second kappa shape index (κ2) is 5.85. The Balaban J connectivity index is 1.90. The topological polar surface area (TPSA) is 52.6 Å². The van der Waals surface area contributed by atoms with E-state index in [1.807, 2.05) is 4.90 Å². The third-order valence-electron chi connectivity index (χ3n) is 4.76. The SMILES string of the molecule is O=C(c1ccc(Cl)cc1O)N1CCNCC12CCCCC2. The predicted octanol–water partition coefficient (Wildman–Crippen LogP) is 2.79. The van der Waals surface area contributed by atoms with Crippen LogP contribution >= 0.6 is 11.6 Å². The molecule has 1 aliphatic carbocycles. The second-order valence-electron chi connectivity index (χ2n) is 6.08. The van der Waals surface area contributed by atoms with Gasteiger partial charge in [0.1, 0.15) is 5.75 Å². The summed E-state index contributed by atoms with van der Waals surface area (Å²) in [6, 6.07) is 4.72. The number of rotatable bonds is 1. The van der Waals surface area contributed by atoms with E-state index in [-0.39, 0.29) is 17.2 Å². The van der Waals surface area contributed by atoms with Crippen LogP contribution in [-0.2, 0) is 0 Å². The van der Waals surface area contributed by atoms with Crippen molar-refractivity contribution in [3.63, 3.8) is 0 Å². The highest BCUT2D eigenvalue weighted by Gasteiger charge is 2.42. The summed E-state index contributed by atoms with van der Waals surface area (Å²) in [5.41, 5.74) is 0.269. The van der Waals surface area contributed by atoms with Crippen molar-refractivity contribution >= 4 is 17.5 Å². The molecule has 2 N–H and O–H groups in total. The molecular weight excluding hydrogens is 288 g/mol. The minimum Gasteiger partial charge on any atom is -0.507 e. The molecule has 0 aromatic heterocycles. The van der Waals surface area contributed by atoms with Crippen LogP contribution in [0.25, 0.3) is 0 Å². The first-order chi connectivity index (χ1) is 10.1. The van der Waals surface area contributed by atoms with Gasteiger partial charge in [-0.15, -0.1) is 0 Å². The maximum atomic E-state index is 12.9. The standard InChI is InChI=1S/C16H21ClN2O2/c17-12-4-5-13(14(20)10-12)15(21)19-9-8-18-11-16(19)6-2-1-3-7-16/h4-5,10,18,20H,1-3,6-9,11H2. The lowest BCUT2D eigenvalue weighted by Gasteiger charge is -2.49. The van der Waals surface area contributed by atoms with Gasteiger partial charge in [-0.25, -0.2) is 0 Å². The van der Waals surface area contributed by atoms with Gasteiger partial charge in [0.25, 0.3) is 5.91 Å². The van der Waals surface area contributed by atoms with Crippen molar-refractivity contribution < 1.29 is 9.90 Å². The molecule has 1 aromatic rings. The lowest BCUT2D eigenvalue weighted by atomic mass is 9.78. The summed E-state index contributed by atoms with van der Waals surface area (Å²) in [6.45, 7) is 2.36. The first kappa shape index (κ1) is 14.7. The van der Waals surface area contributed by atoms with Crippen LogP contribution in [-0.4, -0.2) is 41.1 Å². The molecule has 1 saturated carbocycles. The van der Waals surface area contributed by atoms with Crippen LogP contribution in [0.3, 0.4) is 0 Å². The fourth-order valence-electron chi connectivity index (χ4n) is 3.65. The number of nitrogens with one attached hydrogen (secondary N) is 1. The van der Waals surface area contributed by atoms with E-state index in [4.69, 9.17) is 11.6 Å². The minimum absolute atomic E-state index is 0.0306. The van der Waals surface area contributed by atoms with E-state index in [0.717, 1.165) is 38.8 Å². The molecule has 1 spiro atoms. The maximum Gasteiger partial charge on any atom is 0.258 e. The van der Waals surface area contributed by atoms with Gasteiger partial charge in [-0.2, -0.15) is 0 Å². The van der Waals surface area contributed by atoms with Gasteiger partial charge in [-0.05, 0) is 31.0 Å². The summed E-state index contributed by atoms with van der Waals surface area (Å²) in [4.78, 5) is 14.9. The third-order valence-corrected chi connectivity index (χ3v) is 4.99. The van der Waals surface area contributed by atoms with E-state index < -0.39 is 0 Å². The molecule has 3 rings (SSSR count). The molecular formula is C16H21ClN2O2. The van der Waals surface area contributed by atoms with Crippen molar-refractivity contribution in [3.8, 4) is 5.75 Å². The van der Waals surface area contributed by atoms with Crippen molar-refractivity contribution in [2.45, 2.75) is 37.6 Å². The molecule has 4 nitrogen and oxygen atoms in total. The molecule has 2 fully saturated rings. The average molecular weight is 309 g/mol. The van der Waals surface area contributed by atoms with Gasteiger partial charge in [0.05, 0.1) is 11.1 Å². The lowest BCUT2D eigenvalue weighted by Crippen LogP contribution is -2.63. The number of phenolic OH excluding ortho intramolecular Hbond substituents is 1. The first-order valence-electron chi connectivity index (χ1n) is 7.64. The van der Waals surface area contributed by atoms with Crippen LogP contribution in [0.1, 0.15) is 42.5 Å². The molecule has 1 aromatic carbocycles. The van der Waals surface area contributed by atoms with Gasteiger partial charge in [-0.3, -0.25) is 4.79 Å². The molecule has 114 valence electrons. The smallest absolute Gasteiger partial charge is 0.258 e. The van der Waals surface area contributed by atoms with Crippen molar-refractivity contribution in [3.05, 3.63) is 28.8 Å². The Labute approximate surface area is 130 Å². The molecule has 1 heterocycles. The van der Waals surface area contributed by atoms with E-state index in [1.54, 1.807) is 12.1 Å². The Kier molecular flexibility index (Phi) is 4.09. The lowest BCUT2D eigenvalue weighted by molar-refractivity contribution is 0.0220. The number of hydrogen-bond donors (Lipinski definition) is 2. The van der Waals surface area contributed by atoms with Crippen molar-refractivity contribution in [1.29, 1.82) is 0 Å². The summed E-state index contributed by atoms with van der Waals surface area (Å²) >= 11 is 5.85. The molecule has 5 heteroatoms. The van der Waals surface area contributed by atoms with Gasteiger partial charge >= 0.3 is 0 Å². The van der Waals surface area contributed by atoms with Crippen molar-refractivity contribution in [1.82, 2.24) is 10.2 Å². The zero-order chi connectivity index (χ0) is 14.9. The van der Waals surface area contributed by atoms with E-state index >= 15 is 0 Å². The Morgan fingerprint density at radius 2 is 2.05 bits per heavy atom. The second-order valence-corrected chi connectivity index (χ2v) is 6.52. The molecule has 0 unspecified atom stereocenters. The highest BCUT2D eigenvalue weighted by molar-refractivity contribution is 6.30. The van der Waals surface area contributed by atoms with Gasteiger partial charge in [0.15, 0.2) is 0 Å². The molecule has 0 atom stereocenters. The Morgan fingerprint density at radius 3 is 2.76 bits per heavy atom. The number of hydrogen-bond acceptors (Lipinski definition) is 3. The fraction of sp³-hybridized carbons (Fsp3) is 0.562. The number of phenols is 1. The Hall–Kier alpha value is -1.26. The normalized spacial score (nSPS) is 21.5. The summed E-state index contributed by atoms with van der Waals surface area (Å²) in [5.74, 6) is -0.107. The molecule has 21 heavy (non-hydrogen) atoms. The monoisotopic (exact) mass is 308 g/mol. The van der Waals surface area contributed by atoms with Crippen LogP contribution in [0.2, 0.25) is 5.02 Å². The van der Waals surface area contributed by atoms with E-state index in [2.05, 4.69) is 5.32 Å². The summed E-state index contributed by atoms with van der Waals surface area (Å²) in [6.07, 6.45) is 5.66. The van der Waals surface area contributed by atoms with Crippen molar-refractivity contribution in [2.75, 3.05) is 19.6 Å². The third kappa shape index (κ3) is 2.74. The summed E-state index contributed by atoms with van der Waals surface area (Å²) in [7, 11) is 0. The summed E-state index contributed by atoms with van der Waals surface area (Å²) in [5, 5.41) is 13.9. The van der Waals surface area contributed by atoms with Gasteiger partial charge < -0.3 is 15.3 Å². The van der Waals surface area contributed by atoms with Crippen molar-refractivity contribution in [2.24, 2.45) is 0 Å². The molecule has 1 aliphatic heterocycles. The van der Waals surface area contributed by atoms with Gasteiger partial charge in [0.2, 0.25) is 0 Å². The van der Waals surface area contributed by atoms with Gasteiger partial charge in [0, 0.05) is 24.7 Å². The van der Waals surface area contributed by atoms with Crippen LogP contribution in [0, 0.1) is 0 Å². The zero-order valence-electron chi connectivity index (χ0n) is 12.1. The number of amides is 1. The number of halogens is 1. The molecule has 1 saturated heterocycles. The molecule has 0 bridgehead atoms. The van der Waals surface area contributed by atoms with Crippen LogP contribution < -0.4 is 5.32 Å². The Morgan fingerprint density at radius 1 is 1.29 bits per heavy atom. The van der Waals surface area contributed by atoms with Crippen LogP contribution in [0.4, 0.5) is 0 Å². The van der Waals surface area contributed by atoms with Crippen LogP contribution in [0.5, 0.6) is 5.75 Å². The number of aromatic hydroxyl groups is 1. The predicted molar refractivity (Wildman–Crippen MR) is 82.8 cm³/mol. The number of nitrogens with zero attached hydrogens (tertiary/aromatic N) is 1. The largest absolute Gasteiger partial charge is 0.507 e.